The second-order valence-corrected chi connectivity index (χ2v) is 6.42. The number of pyridine rings is 1. The van der Waals surface area contributed by atoms with Crippen molar-refractivity contribution in [3.8, 4) is 0 Å². The van der Waals surface area contributed by atoms with Gasteiger partial charge in [-0.25, -0.2) is 4.98 Å². The number of carbonyl (C=O) groups excluding carboxylic acids is 1. The molecule has 0 radical (unpaired) electrons. The lowest BCUT2D eigenvalue weighted by molar-refractivity contribution is 0.0526. The Kier molecular flexibility index (Phi) is 4.81. The Morgan fingerprint density at radius 2 is 1.92 bits per heavy atom. The molecule has 1 amide bonds. The number of nitrogens with one attached hydrogen (secondary N) is 1. The lowest BCUT2D eigenvalue weighted by Gasteiger charge is -2.24. The van der Waals surface area contributed by atoms with Crippen LogP contribution in [0, 0.1) is 0 Å². The van der Waals surface area contributed by atoms with Crippen LogP contribution in [0.15, 0.2) is 48.7 Å². The molecule has 1 aliphatic heterocycles. The number of aliphatic hydroxyl groups is 1. The van der Waals surface area contributed by atoms with Crippen molar-refractivity contribution >= 4 is 11.7 Å². The summed E-state index contributed by atoms with van der Waals surface area (Å²) in [6.07, 6.45) is 3.98. The third-order valence-corrected chi connectivity index (χ3v) is 4.43. The number of benzene rings is 1. The van der Waals surface area contributed by atoms with E-state index in [1.165, 1.54) is 12.8 Å². The van der Waals surface area contributed by atoms with Crippen LogP contribution < -0.4 is 10.2 Å². The third kappa shape index (κ3) is 3.74. The minimum atomic E-state index is -1.11. The molecule has 0 aliphatic carbocycles. The first-order valence-corrected chi connectivity index (χ1v) is 8.33. The highest BCUT2D eigenvalue weighted by Gasteiger charge is 2.24. The van der Waals surface area contributed by atoms with Crippen LogP contribution in [0.3, 0.4) is 0 Å². The van der Waals surface area contributed by atoms with Crippen LogP contribution in [0.2, 0.25) is 0 Å². The normalized spacial score (nSPS) is 16.7. The molecule has 2 heterocycles. The monoisotopic (exact) mass is 325 g/mol. The number of anilines is 1. The molecule has 0 bridgehead atoms. The van der Waals surface area contributed by atoms with Crippen LogP contribution in [-0.4, -0.2) is 35.6 Å². The van der Waals surface area contributed by atoms with E-state index >= 15 is 0 Å². The number of nitrogens with zero attached hydrogens (tertiary/aromatic N) is 2. The molecule has 2 N–H and O–H groups in total. The van der Waals surface area contributed by atoms with E-state index < -0.39 is 5.60 Å². The number of aromatic nitrogens is 1. The minimum Gasteiger partial charge on any atom is -0.384 e. The summed E-state index contributed by atoms with van der Waals surface area (Å²) in [6.45, 7) is 3.89. The summed E-state index contributed by atoms with van der Waals surface area (Å²) in [4.78, 5) is 18.9. The zero-order valence-electron chi connectivity index (χ0n) is 13.9. The van der Waals surface area contributed by atoms with Gasteiger partial charge in [0.05, 0.1) is 12.1 Å². The largest absolute Gasteiger partial charge is 0.384 e. The zero-order chi connectivity index (χ0) is 17.0. The van der Waals surface area contributed by atoms with Gasteiger partial charge >= 0.3 is 0 Å². The summed E-state index contributed by atoms with van der Waals surface area (Å²) in [6, 6.07) is 13.0. The van der Waals surface area contributed by atoms with Crippen LogP contribution >= 0.6 is 0 Å². The number of amides is 1. The molecule has 5 nitrogen and oxygen atoms in total. The maximum atomic E-state index is 12.3. The van der Waals surface area contributed by atoms with E-state index in [9.17, 15) is 9.90 Å². The van der Waals surface area contributed by atoms with Gasteiger partial charge < -0.3 is 15.3 Å². The van der Waals surface area contributed by atoms with E-state index in [0.717, 1.165) is 24.5 Å². The fraction of sp³-hybridized carbons (Fsp3) is 0.368. The number of rotatable bonds is 5. The summed E-state index contributed by atoms with van der Waals surface area (Å²) < 4.78 is 0. The standard InChI is InChI=1S/C19H23N3O2/c1-19(24,16-7-3-2-4-8-16)14-21-18(23)15-9-10-17(20-13-15)22-11-5-6-12-22/h2-4,7-10,13,24H,5-6,11-12,14H2,1H3,(H,21,23). The van der Waals surface area contributed by atoms with E-state index in [2.05, 4.69) is 15.2 Å². The van der Waals surface area contributed by atoms with Gasteiger partial charge in [-0.2, -0.15) is 0 Å². The van der Waals surface area contributed by atoms with Gasteiger partial charge in [0.1, 0.15) is 11.4 Å². The second-order valence-electron chi connectivity index (χ2n) is 6.42. The molecule has 1 aromatic carbocycles. The summed E-state index contributed by atoms with van der Waals surface area (Å²) in [5.41, 5.74) is 0.162. The summed E-state index contributed by atoms with van der Waals surface area (Å²) in [7, 11) is 0. The van der Waals surface area contributed by atoms with Crippen molar-refractivity contribution < 1.29 is 9.90 Å². The van der Waals surface area contributed by atoms with Crippen LogP contribution in [0.4, 0.5) is 5.82 Å². The minimum absolute atomic E-state index is 0.143. The van der Waals surface area contributed by atoms with Crippen LogP contribution in [0.5, 0.6) is 0 Å². The second kappa shape index (κ2) is 7.01. The van der Waals surface area contributed by atoms with E-state index in [0.29, 0.717) is 5.56 Å². The Morgan fingerprint density at radius 3 is 2.54 bits per heavy atom. The molecule has 1 unspecified atom stereocenters. The molecule has 0 spiro atoms. The predicted molar refractivity (Wildman–Crippen MR) is 94.0 cm³/mol. The van der Waals surface area contributed by atoms with Crippen molar-refractivity contribution in [1.82, 2.24) is 10.3 Å². The molecule has 24 heavy (non-hydrogen) atoms. The highest BCUT2D eigenvalue weighted by atomic mass is 16.3. The van der Waals surface area contributed by atoms with Crippen molar-refractivity contribution in [3.05, 3.63) is 59.8 Å². The maximum Gasteiger partial charge on any atom is 0.252 e. The van der Waals surface area contributed by atoms with Gasteiger partial charge in [0, 0.05) is 19.3 Å². The van der Waals surface area contributed by atoms with Crippen molar-refractivity contribution in [2.75, 3.05) is 24.5 Å². The van der Waals surface area contributed by atoms with Gasteiger partial charge in [-0.1, -0.05) is 30.3 Å². The maximum absolute atomic E-state index is 12.3. The Balaban J connectivity index is 1.60. The van der Waals surface area contributed by atoms with E-state index in [1.54, 1.807) is 19.2 Å². The van der Waals surface area contributed by atoms with Crippen LogP contribution in [0.1, 0.15) is 35.7 Å². The fourth-order valence-electron chi connectivity index (χ4n) is 2.91. The molecular formula is C19H23N3O2. The SMILES string of the molecule is CC(O)(CNC(=O)c1ccc(N2CCCC2)nc1)c1ccccc1. The van der Waals surface area contributed by atoms with E-state index in [1.807, 2.05) is 36.4 Å². The quantitative estimate of drug-likeness (QED) is 0.885. The Labute approximate surface area is 142 Å². The van der Waals surface area contributed by atoms with Gasteiger partial charge in [0.15, 0.2) is 0 Å². The van der Waals surface area contributed by atoms with Crippen molar-refractivity contribution in [2.24, 2.45) is 0 Å². The van der Waals surface area contributed by atoms with Crippen LogP contribution in [0.25, 0.3) is 0 Å². The molecule has 126 valence electrons. The molecule has 0 saturated carbocycles. The van der Waals surface area contributed by atoms with Crippen molar-refractivity contribution in [3.63, 3.8) is 0 Å². The topological polar surface area (TPSA) is 65.5 Å². The van der Waals surface area contributed by atoms with Crippen molar-refractivity contribution in [1.29, 1.82) is 0 Å². The highest BCUT2D eigenvalue weighted by molar-refractivity contribution is 5.94. The first-order valence-electron chi connectivity index (χ1n) is 8.33. The van der Waals surface area contributed by atoms with Crippen LogP contribution in [-0.2, 0) is 5.60 Å². The summed E-state index contributed by atoms with van der Waals surface area (Å²) >= 11 is 0. The highest BCUT2D eigenvalue weighted by Crippen LogP contribution is 2.20. The predicted octanol–water partition coefficient (Wildman–Crippen LogP) is 2.32. The Hall–Kier alpha value is -2.40. The summed E-state index contributed by atoms with van der Waals surface area (Å²) in [5, 5.41) is 13.3. The molecule has 1 fully saturated rings. The smallest absolute Gasteiger partial charge is 0.252 e. The zero-order valence-corrected chi connectivity index (χ0v) is 13.9. The lowest BCUT2D eigenvalue weighted by atomic mass is 9.96. The Bertz CT molecular complexity index is 678. The molecule has 5 heteroatoms. The average Bonchev–Trinajstić information content (AvgIpc) is 3.15. The molecule has 1 aliphatic rings. The molecule has 1 saturated heterocycles. The Morgan fingerprint density at radius 1 is 1.21 bits per heavy atom. The number of hydrogen-bond donors (Lipinski definition) is 2. The first kappa shape index (κ1) is 16.5. The third-order valence-electron chi connectivity index (χ3n) is 4.43. The van der Waals surface area contributed by atoms with E-state index in [4.69, 9.17) is 0 Å². The first-order chi connectivity index (χ1) is 11.6. The molecule has 3 rings (SSSR count). The lowest BCUT2D eigenvalue weighted by Crippen LogP contribution is -2.38. The molecule has 1 aromatic heterocycles. The molecular weight excluding hydrogens is 302 g/mol. The van der Waals surface area contributed by atoms with Gasteiger partial charge in [-0.3, -0.25) is 4.79 Å². The molecule has 2 aromatic rings. The van der Waals surface area contributed by atoms with Gasteiger partial charge in [-0.05, 0) is 37.5 Å². The number of hydrogen-bond acceptors (Lipinski definition) is 4. The summed E-state index contributed by atoms with van der Waals surface area (Å²) in [5.74, 6) is 0.687. The van der Waals surface area contributed by atoms with Gasteiger partial charge in [0.2, 0.25) is 0 Å². The number of carbonyl (C=O) groups is 1. The average molecular weight is 325 g/mol. The van der Waals surface area contributed by atoms with E-state index in [-0.39, 0.29) is 12.5 Å². The van der Waals surface area contributed by atoms with Gasteiger partial charge in [0.25, 0.3) is 5.91 Å². The molecule has 1 atom stereocenters. The van der Waals surface area contributed by atoms with Gasteiger partial charge in [-0.15, -0.1) is 0 Å². The fourth-order valence-corrected chi connectivity index (χ4v) is 2.91. The van der Waals surface area contributed by atoms with Crippen molar-refractivity contribution in [2.45, 2.75) is 25.4 Å².